The van der Waals surface area contributed by atoms with E-state index in [4.69, 9.17) is 0 Å². The molecule has 0 radical (unpaired) electrons. The maximum atomic E-state index is 11.4. The van der Waals surface area contributed by atoms with Crippen LogP contribution < -0.4 is 10.6 Å². The van der Waals surface area contributed by atoms with Crippen LogP contribution in [-0.4, -0.2) is 30.2 Å². The van der Waals surface area contributed by atoms with Gasteiger partial charge in [-0.2, -0.15) is 0 Å². The molecule has 0 saturated carbocycles. The molecular formula is C8H11N3O2. The van der Waals surface area contributed by atoms with Crippen LogP contribution in [0, 0.1) is 0 Å². The fourth-order valence-corrected chi connectivity index (χ4v) is 1.36. The average molecular weight is 181 g/mol. The highest BCUT2D eigenvalue weighted by Crippen LogP contribution is 2.01. The van der Waals surface area contributed by atoms with Crippen LogP contribution in [0.4, 0.5) is 0 Å². The molecule has 0 bridgehead atoms. The Hall–Kier alpha value is -1.36. The minimum atomic E-state index is -0.116. The molecular weight excluding hydrogens is 170 g/mol. The lowest BCUT2D eigenvalue weighted by Crippen LogP contribution is -2.35. The summed E-state index contributed by atoms with van der Waals surface area (Å²) < 4.78 is 4.57. The highest BCUT2D eigenvalue weighted by atomic mass is 16.5. The molecule has 1 aromatic rings. The van der Waals surface area contributed by atoms with Crippen molar-refractivity contribution < 1.29 is 9.32 Å². The lowest BCUT2D eigenvalue weighted by molar-refractivity contribution is 0.0939. The van der Waals surface area contributed by atoms with Crippen molar-refractivity contribution in [1.29, 1.82) is 0 Å². The summed E-state index contributed by atoms with van der Waals surface area (Å²) >= 11 is 0. The molecule has 2 rings (SSSR count). The van der Waals surface area contributed by atoms with Crippen molar-refractivity contribution >= 4 is 5.91 Å². The van der Waals surface area contributed by atoms with E-state index in [1.807, 2.05) is 0 Å². The molecule has 1 aromatic heterocycles. The van der Waals surface area contributed by atoms with Crippen molar-refractivity contribution in [3.63, 3.8) is 0 Å². The number of aromatic nitrogens is 1. The average Bonchev–Trinajstić information content (AvgIpc) is 2.74. The van der Waals surface area contributed by atoms with Gasteiger partial charge in [0, 0.05) is 12.6 Å². The minimum Gasteiger partial charge on any atom is -0.364 e. The summed E-state index contributed by atoms with van der Waals surface area (Å²) in [6.07, 6.45) is 3.74. The molecule has 5 heteroatoms. The first-order valence-corrected chi connectivity index (χ1v) is 4.27. The van der Waals surface area contributed by atoms with Crippen molar-refractivity contribution in [3.8, 4) is 0 Å². The Kier molecular flexibility index (Phi) is 2.27. The first kappa shape index (κ1) is 8.25. The molecule has 5 nitrogen and oxygen atoms in total. The zero-order valence-electron chi connectivity index (χ0n) is 7.12. The number of amides is 1. The fraction of sp³-hybridized carbons (Fsp3) is 0.500. The number of nitrogens with one attached hydrogen (secondary N) is 2. The van der Waals surface area contributed by atoms with E-state index in [0.717, 1.165) is 19.5 Å². The first-order chi connectivity index (χ1) is 6.36. The Morgan fingerprint density at radius 3 is 3.31 bits per heavy atom. The molecule has 1 amide bonds. The number of rotatable bonds is 2. The van der Waals surface area contributed by atoms with Gasteiger partial charge in [0.2, 0.25) is 0 Å². The van der Waals surface area contributed by atoms with E-state index in [1.165, 1.54) is 12.5 Å². The van der Waals surface area contributed by atoms with Gasteiger partial charge in [-0.05, 0) is 13.0 Å². The number of nitrogens with zero attached hydrogens (tertiary/aromatic N) is 1. The molecule has 0 aromatic carbocycles. The van der Waals surface area contributed by atoms with Gasteiger partial charge in [0.05, 0.1) is 11.8 Å². The molecule has 0 aliphatic carbocycles. The highest BCUT2D eigenvalue weighted by molar-refractivity contribution is 5.93. The van der Waals surface area contributed by atoms with Crippen LogP contribution >= 0.6 is 0 Å². The molecule has 2 heterocycles. The zero-order chi connectivity index (χ0) is 9.10. The SMILES string of the molecule is O=C(NC1CCNC1)c1cnoc1. The van der Waals surface area contributed by atoms with Gasteiger partial charge in [-0.3, -0.25) is 4.79 Å². The number of hydrogen-bond donors (Lipinski definition) is 2. The summed E-state index contributed by atoms with van der Waals surface area (Å²) in [6.45, 7) is 1.81. The van der Waals surface area contributed by atoms with Crippen LogP contribution in [0.25, 0.3) is 0 Å². The number of carbonyl (C=O) groups is 1. The number of hydrogen-bond acceptors (Lipinski definition) is 4. The van der Waals surface area contributed by atoms with Crippen LogP contribution in [0.1, 0.15) is 16.8 Å². The molecule has 1 atom stereocenters. The molecule has 1 fully saturated rings. The van der Waals surface area contributed by atoms with Gasteiger partial charge in [0.15, 0.2) is 0 Å². The minimum absolute atomic E-state index is 0.116. The second-order valence-electron chi connectivity index (χ2n) is 3.08. The normalized spacial score (nSPS) is 21.7. The van der Waals surface area contributed by atoms with Gasteiger partial charge in [-0.25, -0.2) is 0 Å². The summed E-state index contributed by atoms with van der Waals surface area (Å²) in [4.78, 5) is 11.4. The lowest BCUT2D eigenvalue weighted by atomic mass is 10.2. The largest absolute Gasteiger partial charge is 0.364 e. The third-order valence-corrected chi connectivity index (χ3v) is 2.09. The van der Waals surface area contributed by atoms with Gasteiger partial charge < -0.3 is 15.2 Å². The summed E-state index contributed by atoms with van der Waals surface area (Å²) in [7, 11) is 0. The smallest absolute Gasteiger partial charge is 0.256 e. The number of carbonyl (C=O) groups excluding carboxylic acids is 1. The zero-order valence-corrected chi connectivity index (χ0v) is 7.12. The maximum Gasteiger partial charge on any atom is 0.256 e. The van der Waals surface area contributed by atoms with Crippen molar-refractivity contribution in [3.05, 3.63) is 18.0 Å². The van der Waals surface area contributed by atoms with Crippen LogP contribution in [0.15, 0.2) is 17.0 Å². The molecule has 0 spiro atoms. The molecule has 1 unspecified atom stereocenters. The second kappa shape index (κ2) is 3.57. The van der Waals surface area contributed by atoms with Gasteiger partial charge in [0.25, 0.3) is 5.91 Å². The van der Waals surface area contributed by atoms with Crippen LogP contribution in [-0.2, 0) is 0 Å². The van der Waals surface area contributed by atoms with Gasteiger partial charge in [-0.15, -0.1) is 0 Å². The molecule has 13 heavy (non-hydrogen) atoms. The van der Waals surface area contributed by atoms with Gasteiger partial charge in [0.1, 0.15) is 6.26 Å². The van der Waals surface area contributed by atoms with Gasteiger partial charge in [-0.1, -0.05) is 5.16 Å². The Balaban J connectivity index is 1.91. The van der Waals surface area contributed by atoms with Gasteiger partial charge >= 0.3 is 0 Å². The van der Waals surface area contributed by atoms with Crippen LogP contribution in [0.5, 0.6) is 0 Å². The standard InChI is InChI=1S/C8H11N3O2/c12-8(6-3-10-13-5-6)11-7-1-2-9-4-7/h3,5,7,9H,1-2,4H2,(H,11,12). The first-order valence-electron chi connectivity index (χ1n) is 4.27. The summed E-state index contributed by atoms with van der Waals surface area (Å²) in [6, 6.07) is 0.238. The predicted molar refractivity (Wildman–Crippen MR) is 45.2 cm³/mol. The van der Waals surface area contributed by atoms with Crippen molar-refractivity contribution in [1.82, 2.24) is 15.8 Å². The second-order valence-corrected chi connectivity index (χ2v) is 3.08. The van der Waals surface area contributed by atoms with E-state index in [1.54, 1.807) is 0 Å². The van der Waals surface area contributed by atoms with Crippen molar-refractivity contribution in [2.75, 3.05) is 13.1 Å². The quantitative estimate of drug-likeness (QED) is 0.661. The highest BCUT2D eigenvalue weighted by Gasteiger charge is 2.17. The Labute approximate surface area is 75.5 Å². The van der Waals surface area contributed by atoms with Crippen molar-refractivity contribution in [2.45, 2.75) is 12.5 Å². The Bertz CT molecular complexity index is 278. The molecule has 70 valence electrons. The van der Waals surface area contributed by atoms with E-state index in [0.29, 0.717) is 5.56 Å². The Morgan fingerprint density at radius 1 is 1.77 bits per heavy atom. The van der Waals surface area contributed by atoms with E-state index >= 15 is 0 Å². The monoisotopic (exact) mass is 181 g/mol. The third-order valence-electron chi connectivity index (χ3n) is 2.09. The molecule has 2 N–H and O–H groups in total. The fourth-order valence-electron chi connectivity index (χ4n) is 1.36. The van der Waals surface area contributed by atoms with E-state index in [2.05, 4.69) is 20.3 Å². The maximum absolute atomic E-state index is 11.4. The molecule has 1 aliphatic rings. The molecule has 1 aliphatic heterocycles. The van der Waals surface area contributed by atoms with E-state index in [9.17, 15) is 4.79 Å². The van der Waals surface area contributed by atoms with Crippen LogP contribution in [0.2, 0.25) is 0 Å². The summed E-state index contributed by atoms with van der Waals surface area (Å²) in [5.41, 5.74) is 0.479. The third kappa shape index (κ3) is 1.86. The Morgan fingerprint density at radius 2 is 2.69 bits per heavy atom. The predicted octanol–water partition coefficient (Wildman–Crippen LogP) is -0.234. The van der Waals surface area contributed by atoms with E-state index in [-0.39, 0.29) is 11.9 Å². The summed E-state index contributed by atoms with van der Waals surface area (Å²) in [5, 5.41) is 9.52. The summed E-state index contributed by atoms with van der Waals surface area (Å²) in [5.74, 6) is -0.116. The molecule has 1 saturated heterocycles. The van der Waals surface area contributed by atoms with Crippen LogP contribution in [0.3, 0.4) is 0 Å². The van der Waals surface area contributed by atoms with E-state index < -0.39 is 0 Å². The lowest BCUT2D eigenvalue weighted by Gasteiger charge is -2.08. The topological polar surface area (TPSA) is 67.2 Å². The van der Waals surface area contributed by atoms with Crippen molar-refractivity contribution in [2.24, 2.45) is 0 Å².